The number of pyridine rings is 1. The van der Waals surface area contributed by atoms with Crippen LogP contribution in [0.1, 0.15) is 30.1 Å². The molecular formula is C22H23FN6. The average Bonchev–Trinajstić information content (AvgIpc) is 3.33. The molecule has 5 rings (SSSR count). The molecule has 29 heavy (non-hydrogen) atoms. The first-order chi connectivity index (χ1) is 14.1. The second-order valence-electron chi connectivity index (χ2n) is 7.80. The molecular weight excluding hydrogens is 367 g/mol. The van der Waals surface area contributed by atoms with Crippen LogP contribution in [0.4, 0.5) is 4.39 Å². The van der Waals surface area contributed by atoms with Gasteiger partial charge < -0.3 is 0 Å². The number of aryl methyl sites for hydroxylation is 1. The van der Waals surface area contributed by atoms with Gasteiger partial charge in [-0.1, -0.05) is 12.1 Å². The van der Waals surface area contributed by atoms with Crippen LogP contribution >= 0.6 is 0 Å². The van der Waals surface area contributed by atoms with Gasteiger partial charge in [0.1, 0.15) is 5.82 Å². The Hall–Kier alpha value is -3.06. The molecule has 0 saturated carbocycles. The molecule has 0 radical (unpaired) electrons. The maximum atomic E-state index is 13.6. The Kier molecular flexibility index (Phi) is 4.60. The van der Waals surface area contributed by atoms with E-state index in [1.165, 1.54) is 17.7 Å². The van der Waals surface area contributed by atoms with Gasteiger partial charge in [0.25, 0.3) is 0 Å². The van der Waals surface area contributed by atoms with Crippen LogP contribution in [0.3, 0.4) is 0 Å². The van der Waals surface area contributed by atoms with Gasteiger partial charge in [-0.05, 0) is 49.2 Å². The van der Waals surface area contributed by atoms with Crippen LogP contribution in [0.15, 0.2) is 55.0 Å². The number of rotatable bonds is 4. The van der Waals surface area contributed by atoms with Gasteiger partial charge >= 0.3 is 0 Å². The Morgan fingerprint density at radius 1 is 1.14 bits per heavy atom. The third-order valence-electron chi connectivity index (χ3n) is 5.54. The van der Waals surface area contributed by atoms with Crippen LogP contribution in [0.5, 0.6) is 0 Å². The summed E-state index contributed by atoms with van der Waals surface area (Å²) in [6.45, 7) is 2.94. The van der Waals surface area contributed by atoms with E-state index in [1.54, 1.807) is 6.07 Å². The van der Waals surface area contributed by atoms with Gasteiger partial charge in [0.05, 0.1) is 6.20 Å². The minimum Gasteiger partial charge on any atom is -0.298 e. The molecule has 7 heteroatoms. The molecule has 1 fully saturated rings. The van der Waals surface area contributed by atoms with Gasteiger partial charge in [0, 0.05) is 49.6 Å². The van der Waals surface area contributed by atoms with Crippen molar-refractivity contribution in [3.8, 4) is 11.1 Å². The van der Waals surface area contributed by atoms with E-state index in [2.05, 4.69) is 16.2 Å². The molecule has 148 valence electrons. The predicted octanol–water partition coefficient (Wildman–Crippen LogP) is 3.65. The van der Waals surface area contributed by atoms with Gasteiger partial charge in [0.15, 0.2) is 11.5 Å². The summed E-state index contributed by atoms with van der Waals surface area (Å²) in [7, 11) is 1.95. The Balaban J connectivity index is 1.37. The maximum Gasteiger partial charge on any atom is 0.156 e. The predicted molar refractivity (Wildman–Crippen MR) is 109 cm³/mol. The zero-order valence-electron chi connectivity index (χ0n) is 16.4. The average molecular weight is 390 g/mol. The van der Waals surface area contributed by atoms with Crippen molar-refractivity contribution in [3.05, 3.63) is 72.2 Å². The summed E-state index contributed by atoms with van der Waals surface area (Å²) in [5.74, 6) is 0.966. The number of aromatic nitrogens is 5. The van der Waals surface area contributed by atoms with Gasteiger partial charge in [0.2, 0.25) is 0 Å². The summed E-state index contributed by atoms with van der Waals surface area (Å²) in [6, 6.07) is 10.5. The topological polar surface area (TPSA) is 51.2 Å². The Morgan fingerprint density at radius 3 is 2.90 bits per heavy atom. The van der Waals surface area contributed by atoms with Crippen LogP contribution < -0.4 is 0 Å². The highest BCUT2D eigenvalue weighted by Crippen LogP contribution is 2.27. The molecule has 1 aromatic carbocycles. The largest absolute Gasteiger partial charge is 0.298 e. The summed E-state index contributed by atoms with van der Waals surface area (Å²) in [5.41, 5.74) is 3.82. The molecule has 4 aromatic rings. The van der Waals surface area contributed by atoms with E-state index in [-0.39, 0.29) is 5.82 Å². The molecule has 1 unspecified atom stereocenters. The normalized spacial score (nSPS) is 17.8. The first-order valence-electron chi connectivity index (χ1n) is 9.96. The van der Waals surface area contributed by atoms with E-state index in [0.29, 0.717) is 5.92 Å². The van der Waals surface area contributed by atoms with E-state index < -0.39 is 0 Å². The minimum absolute atomic E-state index is 0.238. The quantitative estimate of drug-likeness (QED) is 0.534. The molecule has 1 aliphatic heterocycles. The van der Waals surface area contributed by atoms with E-state index in [0.717, 1.165) is 55.1 Å². The standard InChI is InChI=1S/C22H23FN6/c1-27-12-16(11-24-27)13-28-9-3-5-19(14-28)22-25-21-8-7-18(15-29(21)26-22)17-4-2-6-20(23)10-17/h2,4,6-8,10-12,15,19H,3,5,9,13-14H2,1H3. The minimum atomic E-state index is -0.238. The number of likely N-dealkylation sites (tertiary alicyclic amines) is 1. The van der Waals surface area contributed by atoms with Crippen molar-refractivity contribution in [1.82, 2.24) is 29.3 Å². The number of piperidine rings is 1. The first kappa shape index (κ1) is 18.0. The molecule has 0 amide bonds. The first-order valence-corrected chi connectivity index (χ1v) is 9.96. The third-order valence-corrected chi connectivity index (χ3v) is 5.54. The zero-order valence-corrected chi connectivity index (χ0v) is 16.4. The monoisotopic (exact) mass is 390 g/mol. The molecule has 3 aromatic heterocycles. The lowest BCUT2D eigenvalue weighted by Crippen LogP contribution is -2.34. The fraction of sp³-hybridized carbons (Fsp3) is 0.318. The van der Waals surface area contributed by atoms with Crippen molar-refractivity contribution in [2.75, 3.05) is 13.1 Å². The molecule has 0 bridgehead atoms. The summed E-state index contributed by atoms with van der Waals surface area (Å²) < 4.78 is 17.2. The highest BCUT2D eigenvalue weighted by atomic mass is 19.1. The lowest BCUT2D eigenvalue weighted by atomic mass is 9.97. The smallest absolute Gasteiger partial charge is 0.156 e. The van der Waals surface area contributed by atoms with E-state index in [1.807, 2.05) is 46.8 Å². The van der Waals surface area contributed by atoms with E-state index >= 15 is 0 Å². The van der Waals surface area contributed by atoms with Crippen molar-refractivity contribution in [3.63, 3.8) is 0 Å². The molecule has 1 saturated heterocycles. The summed E-state index contributed by atoms with van der Waals surface area (Å²) in [4.78, 5) is 7.22. The number of benzene rings is 1. The Bertz CT molecular complexity index is 1150. The number of hydrogen-bond donors (Lipinski definition) is 0. The van der Waals surface area contributed by atoms with Crippen molar-refractivity contribution < 1.29 is 4.39 Å². The molecule has 0 N–H and O–H groups in total. The summed E-state index contributed by atoms with van der Waals surface area (Å²) in [6.07, 6.45) is 8.16. The Labute approximate surface area is 168 Å². The number of nitrogens with zero attached hydrogens (tertiary/aromatic N) is 6. The van der Waals surface area contributed by atoms with Crippen LogP contribution in [-0.2, 0) is 13.6 Å². The zero-order chi connectivity index (χ0) is 19.8. The second-order valence-corrected chi connectivity index (χ2v) is 7.80. The third kappa shape index (κ3) is 3.78. The van der Waals surface area contributed by atoms with Gasteiger partial charge in [-0.3, -0.25) is 9.58 Å². The summed E-state index contributed by atoms with van der Waals surface area (Å²) in [5, 5.41) is 9.02. The van der Waals surface area contributed by atoms with Crippen LogP contribution in [-0.4, -0.2) is 42.4 Å². The van der Waals surface area contributed by atoms with Crippen molar-refractivity contribution in [2.45, 2.75) is 25.3 Å². The molecule has 6 nitrogen and oxygen atoms in total. The SMILES string of the molecule is Cn1cc(CN2CCCC(c3nc4ccc(-c5cccc(F)c5)cn4n3)C2)cn1. The fourth-order valence-corrected chi connectivity index (χ4v) is 4.13. The van der Waals surface area contributed by atoms with Gasteiger partial charge in [-0.15, -0.1) is 0 Å². The van der Waals surface area contributed by atoms with Crippen molar-refractivity contribution in [2.24, 2.45) is 7.05 Å². The Morgan fingerprint density at radius 2 is 2.07 bits per heavy atom. The lowest BCUT2D eigenvalue weighted by molar-refractivity contribution is 0.196. The molecule has 0 aliphatic carbocycles. The van der Waals surface area contributed by atoms with Crippen molar-refractivity contribution >= 4 is 5.65 Å². The second kappa shape index (κ2) is 7.40. The van der Waals surface area contributed by atoms with Crippen LogP contribution in [0.25, 0.3) is 16.8 Å². The highest BCUT2D eigenvalue weighted by Gasteiger charge is 2.25. The highest BCUT2D eigenvalue weighted by molar-refractivity contribution is 5.64. The number of hydrogen-bond acceptors (Lipinski definition) is 4. The van der Waals surface area contributed by atoms with E-state index in [9.17, 15) is 4.39 Å². The molecule has 1 aliphatic rings. The maximum absolute atomic E-state index is 13.6. The van der Waals surface area contributed by atoms with Crippen LogP contribution in [0, 0.1) is 5.82 Å². The van der Waals surface area contributed by atoms with E-state index in [4.69, 9.17) is 10.1 Å². The van der Waals surface area contributed by atoms with Gasteiger partial charge in [-0.25, -0.2) is 13.9 Å². The lowest BCUT2D eigenvalue weighted by Gasteiger charge is -2.30. The molecule has 1 atom stereocenters. The number of halogens is 1. The molecule has 0 spiro atoms. The summed E-state index contributed by atoms with van der Waals surface area (Å²) >= 11 is 0. The van der Waals surface area contributed by atoms with Crippen molar-refractivity contribution in [1.29, 1.82) is 0 Å². The molecule has 4 heterocycles. The fourth-order valence-electron chi connectivity index (χ4n) is 4.13. The van der Waals surface area contributed by atoms with Gasteiger partial charge in [-0.2, -0.15) is 10.2 Å². The number of fused-ring (bicyclic) bond motifs is 1. The van der Waals surface area contributed by atoms with Crippen LogP contribution in [0.2, 0.25) is 0 Å².